The number of ether oxygens (including phenoxy) is 1. The number of phenols is 1. The summed E-state index contributed by atoms with van der Waals surface area (Å²) in [6, 6.07) is 17.8. The largest absolute Gasteiger partial charge is 0.507 e. The van der Waals surface area contributed by atoms with Crippen LogP contribution < -0.4 is 16.0 Å². The van der Waals surface area contributed by atoms with Crippen LogP contribution in [0.3, 0.4) is 0 Å². The highest BCUT2D eigenvalue weighted by Gasteiger charge is 2.44. The molecule has 11 rings (SSSR count). The number of aliphatic hydroxyl groups excluding tert-OH is 1. The Morgan fingerprint density at radius 2 is 1.62 bits per heavy atom. The van der Waals surface area contributed by atoms with E-state index in [-0.39, 0.29) is 65.8 Å². The number of nitrogen functional groups attached to an aromatic ring is 1. The molecule has 2 amide bonds. The van der Waals surface area contributed by atoms with Crippen molar-refractivity contribution in [3.8, 4) is 38.6 Å². The molecular formula is C60H77FN12O6S. The molecule has 5 N–H and O–H groups in total. The van der Waals surface area contributed by atoms with Crippen LogP contribution in [0.1, 0.15) is 121 Å². The van der Waals surface area contributed by atoms with Gasteiger partial charge in [-0.1, -0.05) is 55.4 Å². The SMILES string of the molecule is Cc1ncsc1-c1ccc([C@H](C)NC(=O)[C@@H]2C[C@@H](O)CN2C(=O)[C@@H](c2cc(N3CCC(CN4CCC(OC5CC(N6CCC(C(C)n7ncc(-c8cc(-c9ccccc9O)nnc8N)c7F)CC6)C5)CC4)CC3)no2)C(C)C)cc1. The van der Waals surface area contributed by atoms with Gasteiger partial charge in [-0.25, -0.2) is 9.67 Å². The van der Waals surface area contributed by atoms with Gasteiger partial charge < -0.3 is 50.1 Å². The average molecular weight is 1110 g/mol. The quantitative estimate of drug-likeness (QED) is 0.0672. The van der Waals surface area contributed by atoms with Gasteiger partial charge in [0.25, 0.3) is 0 Å². The van der Waals surface area contributed by atoms with Gasteiger partial charge in [-0.15, -0.1) is 21.5 Å². The predicted molar refractivity (Wildman–Crippen MR) is 305 cm³/mol. The van der Waals surface area contributed by atoms with Gasteiger partial charge in [0.1, 0.15) is 17.7 Å². The van der Waals surface area contributed by atoms with Crippen LogP contribution in [-0.4, -0.2) is 150 Å². The zero-order chi connectivity index (χ0) is 55.8. The number of benzene rings is 2. The molecule has 426 valence electrons. The Bertz CT molecular complexity index is 3080. The molecule has 0 bridgehead atoms. The monoisotopic (exact) mass is 1110 g/mol. The van der Waals surface area contributed by atoms with Crippen molar-refractivity contribution in [1.82, 2.24) is 50.1 Å². The van der Waals surface area contributed by atoms with Crippen molar-refractivity contribution in [3.63, 3.8) is 0 Å². The van der Waals surface area contributed by atoms with Crippen LogP contribution in [0.5, 0.6) is 5.75 Å². The summed E-state index contributed by atoms with van der Waals surface area (Å²) in [6.45, 7) is 16.9. The Balaban J connectivity index is 0.590. The first kappa shape index (κ1) is 55.6. The van der Waals surface area contributed by atoms with Gasteiger partial charge in [-0.2, -0.15) is 9.49 Å². The molecule has 4 aromatic heterocycles. The highest BCUT2D eigenvalue weighted by molar-refractivity contribution is 7.13. The molecule has 1 unspecified atom stereocenters. The summed E-state index contributed by atoms with van der Waals surface area (Å²) in [5.41, 5.74) is 12.6. The van der Waals surface area contributed by atoms with E-state index in [2.05, 4.69) is 45.5 Å². The number of nitrogens with two attached hydrogens (primary N) is 1. The maximum atomic E-state index is 16.1. The van der Waals surface area contributed by atoms with Gasteiger partial charge in [-0.05, 0) is 132 Å². The van der Waals surface area contributed by atoms with E-state index in [9.17, 15) is 19.8 Å². The van der Waals surface area contributed by atoms with E-state index in [1.165, 1.54) is 15.8 Å². The van der Waals surface area contributed by atoms with Crippen LogP contribution in [0.4, 0.5) is 16.0 Å². The number of para-hydroxylation sites is 1. The van der Waals surface area contributed by atoms with Crippen LogP contribution in [0.25, 0.3) is 32.8 Å². The molecule has 4 saturated heterocycles. The second-order valence-electron chi connectivity index (χ2n) is 23.6. The molecule has 5 atom stereocenters. The molecule has 80 heavy (non-hydrogen) atoms. The lowest BCUT2D eigenvalue weighted by molar-refractivity contribution is -0.141. The summed E-state index contributed by atoms with van der Waals surface area (Å²) < 4.78 is 30.2. The van der Waals surface area contributed by atoms with Gasteiger partial charge in [0.2, 0.25) is 17.8 Å². The molecule has 1 saturated carbocycles. The summed E-state index contributed by atoms with van der Waals surface area (Å²) in [6.07, 6.45) is 9.76. The van der Waals surface area contributed by atoms with Crippen molar-refractivity contribution in [3.05, 3.63) is 95.3 Å². The molecule has 5 fully saturated rings. The normalized spacial score (nSPS) is 23.1. The van der Waals surface area contributed by atoms with Crippen molar-refractivity contribution >= 4 is 34.8 Å². The van der Waals surface area contributed by atoms with E-state index in [4.69, 9.17) is 15.0 Å². The summed E-state index contributed by atoms with van der Waals surface area (Å²) in [7, 11) is 0. The van der Waals surface area contributed by atoms with Crippen LogP contribution in [0.15, 0.2) is 76.9 Å². The number of aromatic hydroxyl groups is 1. The number of nitrogens with one attached hydrogen (secondary N) is 1. The standard InChI is InChI=1S/C60H77FN12O6S/c1-35(2)55(60(77)72-33-44(74)28-51(72)59(76)65-36(3)40-10-12-42(13-11-40)56-37(4)63-34-80-56)53-30-54(68-79-53)71-22-14-39(15-23-71)32-69-20-18-45(19-21-69)78-46-26-43(27-46)70-24-16-41(17-25-70)38(5)73-57(61)49(31-64-73)48-29-50(66-67-58(48)62)47-8-6-7-9-52(47)75/h6-13,29-31,34-36,38-39,41,43-46,51,55,74-75H,14-28,32-33H2,1-5H3,(H2,62,67)(H,65,76)/t36-,38?,43?,44+,46?,51-,55+/m0/s1. The van der Waals surface area contributed by atoms with Gasteiger partial charge in [-0.3, -0.25) is 9.59 Å². The smallest absolute Gasteiger partial charge is 0.243 e. The zero-order valence-corrected chi connectivity index (χ0v) is 47.5. The lowest BCUT2D eigenvalue weighted by Crippen LogP contribution is -2.52. The van der Waals surface area contributed by atoms with Crippen LogP contribution in [0, 0.1) is 30.6 Å². The molecule has 0 radical (unpaired) electrons. The lowest BCUT2D eigenvalue weighted by Gasteiger charge is -2.47. The van der Waals surface area contributed by atoms with Crippen LogP contribution >= 0.6 is 11.3 Å². The fraction of sp³-hybridized carbons (Fsp3) is 0.550. The third-order valence-electron chi connectivity index (χ3n) is 18.0. The molecule has 20 heteroatoms. The second kappa shape index (κ2) is 24.0. The lowest BCUT2D eigenvalue weighted by atomic mass is 9.83. The zero-order valence-electron chi connectivity index (χ0n) is 46.7. The van der Waals surface area contributed by atoms with Gasteiger partial charge >= 0.3 is 0 Å². The van der Waals surface area contributed by atoms with E-state index >= 15 is 4.39 Å². The number of carbonyl (C=O) groups is 2. The number of β-amino-alcohol motifs (C(OH)–C–C–N with tert-alkyl or cyclic N) is 1. The second-order valence-corrected chi connectivity index (χ2v) is 24.4. The number of aromatic nitrogens is 6. The van der Waals surface area contributed by atoms with E-state index in [0.717, 1.165) is 125 Å². The third-order valence-corrected chi connectivity index (χ3v) is 19.0. The Kier molecular flexibility index (Phi) is 16.7. The maximum Gasteiger partial charge on any atom is 0.243 e. The van der Waals surface area contributed by atoms with E-state index in [1.54, 1.807) is 41.7 Å². The number of aryl methyl sites for hydroxylation is 1. The number of hydrogen-bond acceptors (Lipinski definition) is 16. The number of thiazole rings is 1. The van der Waals surface area contributed by atoms with Crippen molar-refractivity contribution in [2.24, 2.45) is 17.8 Å². The molecular weight excluding hydrogens is 1040 g/mol. The van der Waals surface area contributed by atoms with Crippen molar-refractivity contribution in [1.29, 1.82) is 0 Å². The number of rotatable bonds is 17. The summed E-state index contributed by atoms with van der Waals surface area (Å²) in [5.74, 6) is 0.489. The first-order valence-corrected chi connectivity index (χ1v) is 29.8. The van der Waals surface area contributed by atoms with Gasteiger partial charge in [0.15, 0.2) is 17.4 Å². The molecule has 6 aromatic rings. The summed E-state index contributed by atoms with van der Waals surface area (Å²) in [4.78, 5) is 42.7. The highest BCUT2D eigenvalue weighted by Crippen LogP contribution is 2.40. The number of hydrogen-bond donors (Lipinski definition) is 4. The van der Waals surface area contributed by atoms with Gasteiger partial charge in [0.05, 0.1) is 63.9 Å². The fourth-order valence-electron chi connectivity index (χ4n) is 13.1. The number of amides is 2. The Hall–Kier alpha value is -6.32. The Morgan fingerprint density at radius 3 is 2.33 bits per heavy atom. The summed E-state index contributed by atoms with van der Waals surface area (Å²) in [5, 5.41) is 41.5. The maximum absolute atomic E-state index is 16.1. The molecule has 5 aliphatic rings. The van der Waals surface area contributed by atoms with Crippen molar-refractivity contribution < 1.29 is 33.5 Å². The number of nitrogens with zero attached hydrogens (tertiary/aromatic N) is 10. The molecule has 0 spiro atoms. The minimum Gasteiger partial charge on any atom is -0.507 e. The topological polar surface area (TPSA) is 217 Å². The first-order valence-electron chi connectivity index (χ1n) is 28.9. The third kappa shape index (κ3) is 11.9. The molecule has 2 aromatic carbocycles. The van der Waals surface area contributed by atoms with Crippen molar-refractivity contribution in [2.45, 2.75) is 141 Å². The van der Waals surface area contributed by atoms with Crippen LogP contribution in [0.2, 0.25) is 0 Å². The molecule has 8 heterocycles. The van der Waals surface area contributed by atoms with E-state index < -0.39 is 24.0 Å². The first-order chi connectivity index (χ1) is 38.6. The van der Waals surface area contributed by atoms with Crippen LogP contribution in [-0.2, 0) is 14.3 Å². The number of aliphatic hydroxyl groups is 1. The average Bonchev–Trinajstić information content (AvgIpc) is 4.28. The minimum absolute atomic E-state index is 0.0576. The number of phenolic OH excluding ortho intramolecular Hbond substituents is 1. The molecule has 1 aliphatic carbocycles. The number of anilines is 2. The minimum atomic E-state index is -0.804. The Labute approximate surface area is 471 Å². The molecule has 18 nitrogen and oxygen atoms in total. The Morgan fingerprint density at radius 1 is 0.887 bits per heavy atom. The van der Waals surface area contributed by atoms with E-state index in [0.29, 0.717) is 46.7 Å². The summed E-state index contributed by atoms with van der Waals surface area (Å²) >= 11 is 1.60. The van der Waals surface area contributed by atoms with E-state index in [1.807, 2.05) is 70.5 Å². The molecule has 4 aliphatic heterocycles. The highest BCUT2D eigenvalue weighted by atomic mass is 32.1. The number of halogens is 1. The van der Waals surface area contributed by atoms with Crippen molar-refractivity contribution in [2.75, 3.05) is 63.0 Å². The van der Waals surface area contributed by atoms with Gasteiger partial charge in [0, 0.05) is 68.9 Å². The number of carbonyl (C=O) groups excluding carboxylic acids is 2. The fourth-order valence-corrected chi connectivity index (χ4v) is 13.9. The number of piperidine rings is 3. The predicted octanol–water partition coefficient (Wildman–Crippen LogP) is 8.63. The number of likely N-dealkylation sites (tertiary alicyclic amines) is 3.